The summed E-state index contributed by atoms with van der Waals surface area (Å²) in [5, 5.41) is 8.84. The Kier molecular flexibility index (Phi) is 6.63. The lowest BCUT2D eigenvalue weighted by Crippen LogP contribution is -2.50. The Morgan fingerprint density at radius 3 is 2.75 bits per heavy atom. The molecule has 0 radical (unpaired) electrons. The number of nitrogens with zero attached hydrogens (tertiary/aromatic N) is 2. The van der Waals surface area contributed by atoms with Crippen LogP contribution >= 0.6 is 0 Å². The second-order valence-corrected chi connectivity index (χ2v) is 8.06. The second kappa shape index (κ2) is 8.30. The van der Waals surface area contributed by atoms with Crippen molar-refractivity contribution in [3.05, 3.63) is 0 Å². The average Bonchev–Trinajstić information content (AvgIpc) is 2.48. The molecule has 24 heavy (non-hydrogen) atoms. The zero-order chi connectivity index (χ0) is 17.7. The molecular formula is C18H32N2O4. The Morgan fingerprint density at radius 2 is 2.08 bits per heavy atom. The van der Waals surface area contributed by atoms with Gasteiger partial charge in [-0.25, -0.2) is 0 Å². The van der Waals surface area contributed by atoms with E-state index < -0.39 is 5.97 Å². The Morgan fingerprint density at radius 1 is 1.33 bits per heavy atom. The highest BCUT2D eigenvalue weighted by Crippen LogP contribution is 2.42. The molecule has 1 aliphatic carbocycles. The summed E-state index contributed by atoms with van der Waals surface area (Å²) in [5.41, 5.74) is 0.251. The summed E-state index contributed by atoms with van der Waals surface area (Å²) in [5.74, 6) is -0.153. The molecule has 2 rings (SSSR count). The molecule has 2 unspecified atom stereocenters. The lowest BCUT2D eigenvalue weighted by molar-refractivity contribution is -0.144. The number of hydrogen-bond donors (Lipinski definition) is 1. The van der Waals surface area contributed by atoms with Gasteiger partial charge in [-0.3, -0.25) is 14.5 Å². The fourth-order valence-corrected chi connectivity index (χ4v) is 3.98. The highest BCUT2D eigenvalue weighted by Gasteiger charge is 2.35. The van der Waals surface area contributed by atoms with Gasteiger partial charge < -0.3 is 14.7 Å². The molecule has 1 saturated carbocycles. The average molecular weight is 340 g/mol. The van der Waals surface area contributed by atoms with Crippen LogP contribution in [0.1, 0.15) is 46.0 Å². The van der Waals surface area contributed by atoms with Crippen LogP contribution in [-0.2, 0) is 14.3 Å². The fourth-order valence-electron chi connectivity index (χ4n) is 3.98. The van der Waals surface area contributed by atoms with Gasteiger partial charge in [-0.1, -0.05) is 26.7 Å². The molecule has 1 aliphatic heterocycles. The molecule has 1 heterocycles. The van der Waals surface area contributed by atoms with E-state index in [1.54, 1.807) is 11.9 Å². The number of likely N-dealkylation sites (N-methyl/N-ethyl adjacent to an activating group) is 1. The van der Waals surface area contributed by atoms with E-state index in [1.807, 2.05) is 4.90 Å². The Bertz CT molecular complexity index is 452. The van der Waals surface area contributed by atoms with Crippen LogP contribution in [0.5, 0.6) is 0 Å². The van der Waals surface area contributed by atoms with Gasteiger partial charge in [0.05, 0.1) is 19.3 Å². The molecule has 0 bridgehead atoms. The van der Waals surface area contributed by atoms with E-state index >= 15 is 0 Å². The minimum absolute atomic E-state index is 0.00985. The number of hydrogen-bond acceptors (Lipinski definition) is 4. The monoisotopic (exact) mass is 340 g/mol. The van der Waals surface area contributed by atoms with Crippen LogP contribution in [0.15, 0.2) is 0 Å². The van der Waals surface area contributed by atoms with Crippen LogP contribution in [0, 0.1) is 11.3 Å². The molecule has 0 spiro atoms. The molecule has 1 N–H and O–H groups in total. The summed E-state index contributed by atoms with van der Waals surface area (Å²) in [6.07, 6.45) is 5.38. The van der Waals surface area contributed by atoms with E-state index in [4.69, 9.17) is 9.84 Å². The number of carboxylic acid groups (broad SMARTS) is 1. The van der Waals surface area contributed by atoms with Crippen molar-refractivity contribution in [1.29, 1.82) is 0 Å². The normalized spacial score (nSPS) is 27.2. The largest absolute Gasteiger partial charge is 0.480 e. The van der Waals surface area contributed by atoms with Crippen molar-refractivity contribution in [2.24, 2.45) is 11.3 Å². The molecule has 2 atom stereocenters. The molecule has 0 aromatic carbocycles. The molecule has 6 nitrogen and oxygen atoms in total. The third-order valence-electron chi connectivity index (χ3n) is 5.56. The van der Waals surface area contributed by atoms with Crippen LogP contribution in [0.25, 0.3) is 0 Å². The predicted octanol–water partition coefficient (Wildman–Crippen LogP) is 1.84. The highest BCUT2D eigenvalue weighted by atomic mass is 16.5. The number of aliphatic carboxylic acids is 1. The molecule has 0 aromatic heterocycles. The van der Waals surface area contributed by atoms with E-state index in [1.165, 1.54) is 19.3 Å². The lowest BCUT2D eigenvalue weighted by atomic mass is 9.67. The van der Waals surface area contributed by atoms with E-state index in [0.29, 0.717) is 38.6 Å². The van der Waals surface area contributed by atoms with Crippen LogP contribution in [0.4, 0.5) is 0 Å². The minimum atomic E-state index is -0.847. The van der Waals surface area contributed by atoms with Gasteiger partial charge in [-0.15, -0.1) is 0 Å². The summed E-state index contributed by atoms with van der Waals surface area (Å²) in [7, 11) is 1.77. The van der Waals surface area contributed by atoms with E-state index in [0.717, 1.165) is 6.42 Å². The molecule has 6 heteroatoms. The quantitative estimate of drug-likeness (QED) is 0.799. The van der Waals surface area contributed by atoms with Crippen molar-refractivity contribution in [1.82, 2.24) is 9.80 Å². The first-order valence-electron chi connectivity index (χ1n) is 9.07. The zero-order valence-corrected chi connectivity index (χ0v) is 15.3. The minimum Gasteiger partial charge on any atom is -0.480 e. The highest BCUT2D eigenvalue weighted by molar-refractivity contribution is 5.76. The molecule has 1 amide bonds. The summed E-state index contributed by atoms with van der Waals surface area (Å²) in [4.78, 5) is 27.1. The SMILES string of the molecule is CN(CC(=O)O)CC1CN(C(=O)CC2CCCCC2(C)C)CCO1. The smallest absolute Gasteiger partial charge is 0.317 e. The van der Waals surface area contributed by atoms with Crippen molar-refractivity contribution in [3.8, 4) is 0 Å². The van der Waals surface area contributed by atoms with Crippen molar-refractivity contribution in [2.45, 2.75) is 52.1 Å². The van der Waals surface area contributed by atoms with Crippen molar-refractivity contribution in [3.63, 3.8) is 0 Å². The van der Waals surface area contributed by atoms with Crippen molar-refractivity contribution >= 4 is 11.9 Å². The van der Waals surface area contributed by atoms with Gasteiger partial charge in [0.25, 0.3) is 0 Å². The first-order chi connectivity index (χ1) is 11.3. The third kappa shape index (κ3) is 5.45. The van der Waals surface area contributed by atoms with Crippen molar-refractivity contribution in [2.75, 3.05) is 39.8 Å². The van der Waals surface area contributed by atoms with E-state index in [2.05, 4.69) is 13.8 Å². The van der Waals surface area contributed by atoms with Crippen LogP contribution in [-0.4, -0.2) is 72.7 Å². The van der Waals surface area contributed by atoms with Gasteiger partial charge in [-0.2, -0.15) is 0 Å². The summed E-state index contributed by atoms with van der Waals surface area (Å²) in [6.45, 7) is 6.84. The standard InChI is InChI=1S/C18H32N2O4/c1-18(2)7-5-4-6-14(18)10-16(21)20-8-9-24-15(12-20)11-19(3)13-17(22)23/h14-15H,4-13H2,1-3H3,(H,22,23). The topological polar surface area (TPSA) is 70.1 Å². The number of morpholine rings is 1. The molecule has 138 valence electrons. The molecule has 2 fully saturated rings. The summed E-state index contributed by atoms with van der Waals surface area (Å²) in [6, 6.07) is 0. The Labute approximate surface area is 145 Å². The number of ether oxygens (including phenoxy) is 1. The van der Waals surface area contributed by atoms with Gasteiger partial charge in [0.1, 0.15) is 0 Å². The number of carbonyl (C=O) groups is 2. The number of carbonyl (C=O) groups excluding carboxylic acids is 1. The zero-order valence-electron chi connectivity index (χ0n) is 15.3. The van der Waals surface area contributed by atoms with E-state index in [-0.39, 0.29) is 24.0 Å². The maximum Gasteiger partial charge on any atom is 0.317 e. The first kappa shape index (κ1) is 19.2. The van der Waals surface area contributed by atoms with Gasteiger partial charge >= 0.3 is 5.97 Å². The predicted molar refractivity (Wildman–Crippen MR) is 91.8 cm³/mol. The van der Waals surface area contributed by atoms with Crippen LogP contribution in [0.2, 0.25) is 0 Å². The number of rotatable bonds is 6. The third-order valence-corrected chi connectivity index (χ3v) is 5.56. The van der Waals surface area contributed by atoms with Gasteiger partial charge in [0.15, 0.2) is 0 Å². The Hall–Kier alpha value is -1.14. The molecular weight excluding hydrogens is 308 g/mol. The van der Waals surface area contributed by atoms with Gasteiger partial charge in [0.2, 0.25) is 5.91 Å². The second-order valence-electron chi connectivity index (χ2n) is 8.06. The van der Waals surface area contributed by atoms with E-state index in [9.17, 15) is 9.59 Å². The van der Waals surface area contributed by atoms with Gasteiger partial charge in [0, 0.05) is 26.1 Å². The molecule has 2 aliphatic rings. The summed E-state index contributed by atoms with van der Waals surface area (Å²) < 4.78 is 5.71. The van der Waals surface area contributed by atoms with Crippen molar-refractivity contribution < 1.29 is 19.4 Å². The fraction of sp³-hybridized carbons (Fsp3) is 0.889. The number of amides is 1. The molecule has 1 saturated heterocycles. The lowest BCUT2D eigenvalue weighted by Gasteiger charge is -2.40. The van der Waals surface area contributed by atoms with Crippen LogP contribution in [0.3, 0.4) is 0 Å². The molecule has 0 aromatic rings. The Balaban J connectivity index is 1.84. The summed E-state index contributed by atoms with van der Waals surface area (Å²) >= 11 is 0. The first-order valence-corrected chi connectivity index (χ1v) is 9.07. The number of carboxylic acids is 1. The maximum absolute atomic E-state index is 12.7. The van der Waals surface area contributed by atoms with Gasteiger partial charge in [-0.05, 0) is 31.2 Å². The van der Waals surface area contributed by atoms with Crippen LogP contribution < -0.4 is 0 Å². The maximum atomic E-state index is 12.7.